The molecule has 0 aliphatic carbocycles. The quantitative estimate of drug-likeness (QED) is 0.695. The lowest BCUT2D eigenvalue weighted by Gasteiger charge is -2.01. The van der Waals surface area contributed by atoms with Gasteiger partial charge in [-0.05, 0) is 13.0 Å². The minimum Gasteiger partial charge on any atom is -0.391 e. The van der Waals surface area contributed by atoms with E-state index in [9.17, 15) is 0 Å². The average molecular weight is 163 g/mol. The summed E-state index contributed by atoms with van der Waals surface area (Å²) in [6, 6.07) is 1.84. The van der Waals surface area contributed by atoms with E-state index in [0.29, 0.717) is 6.54 Å². The molecule has 1 N–H and O–H groups in total. The van der Waals surface area contributed by atoms with E-state index in [1.165, 1.54) is 0 Å². The largest absolute Gasteiger partial charge is 0.391 e. The summed E-state index contributed by atoms with van der Waals surface area (Å²) in [4.78, 5) is 0. The van der Waals surface area contributed by atoms with Crippen molar-refractivity contribution in [2.45, 2.75) is 19.6 Å². The van der Waals surface area contributed by atoms with Crippen LogP contribution in [-0.4, -0.2) is 21.0 Å². The Hall–Kier alpha value is -0.540. The van der Waals surface area contributed by atoms with Crippen LogP contribution in [0.15, 0.2) is 18.5 Å². The van der Waals surface area contributed by atoms with Crippen LogP contribution in [0.2, 0.25) is 0 Å². The summed E-state index contributed by atoms with van der Waals surface area (Å²) in [7, 11) is 0. The lowest BCUT2D eigenvalue weighted by atomic mass is 10.4. The molecule has 0 spiro atoms. The molecule has 0 fully saturated rings. The first-order valence-electron chi connectivity index (χ1n) is 2.94. The van der Waals surface area contributed by atoms with Crippen LogP contribution >= 0.6 is 12.4 Å². The Morgan fingerprint density at radius 2 is 2.40 bits per heavy atom. The molecule has 0 bridgehead atoms. The summed E-state index contributed by atoms with van der Waals surface area (Å²) in [5.74, 6) is 0. The number of aromatic nitrogens is 2. The molecule has 1 rings (SSSR count). The summed E-state index contributed by atoms with van der Waals surface area (Å²) in [5, 5.41) is 12.8. The third-order valence-electron chi connectivity index (χ3n) is 1.01. The zero-order valence-electron chi connectivity index (χ0n) is 5.77. The number of halogens is 1. The van der Waals surface area contributed by atoms with Crippen LogP contribution in [0, 0.1) is 0 Å². The summed E-state index contributed by atoms with van der Waals surface area (Å²) in [6.45, 7) is 2.31. The fraction of sp³-hybridized carbons (Fsp3) is 0.500. The second-order valence-corrected chi connectivity index (χ2v) is 2.08. The molecule has 3 nitrogen and oxygen atoms in total. The molecule has 0 amide bonds. The van der Waals surface area contributed by atoms with Crippen LogP contribution in [0.4, 0.5) is 0 Å². The lowest BCUT2D eigenvalue weighted by Crippen LogP contribution is -2.11. The highest BCUT2D eigenvalue weighted by molar-refractivity contribution is 5.85. The van der Waals surface area contributed by atoms with E-state index >= 15 is 0 Å². The van der Waals surface area contributed by atoms with Crippen molar-refractivity contribution >= 4 is 12.4 Å². The molecule has 4 heteroatoms. The van der Waals surface area contributed by atoms with Crippen molar-refractivity contribution in [3.8, 4) is 0 Å². The van der Waals surface area contributed by atoms with Gasteiger partial charge in [-0.3, -0.25) is 4.68 Å². The van der Waals surface area contributed by atoms with Gasteiger partial charge >= 0.3 is 0 Å². The fourth-order valence-corrected chi connectivity index (χ4v) is 0.679. The van der Waals surface area contributed by atoms with Gasteiger partial charge in [-0.15, -0.1) is 12.4 Å². The van der Waals surface area contributed by atoms with Gasteiger partial charge in [0, 0.05) is 12.4 Å². The van der Waals surface area contributed by atoms with Gasteiger partial charge in [0.2, 0.25) is 0 Å². The SMILES string of the molecule is CC(O)Cn1cccn1.Cl. The van der Waals surface area contributed by atoms with Crippen LogP contribution in [0.3, 0.4) is 0 Å². The molecule has 0 saturated carbocycles. The minimum absolute atomic E-state index is 0. The van der Waals surface area contributed by atoms with Gasteiger partial charge in [-0.25, -0.2) is 0 Å². The Bertz CT molecular complexity index is 162. The molecule has 1 atom stereocenters. The van der Waals surface area contributed by atoms with Gasteiger partial charge in [0.05, 0.1) is 12.6 Å². The zero-order valence-corrected chi connectivity index (χ0v) is 6.58. The molecule has 1 heterocycles. The number of nitrogens with zero attached hydrogens (tertiary/aromatic N) is 2. The van der Waals surface area contributed by atoms with Crippen LogP contribution < -0.4 is 0 Å². The van der Waals surface area contributed by atoms with E-state index in [1.54, 1.807) is 17.8 Å². The number of hydrogen-bond donors (Lipinski definition) is 1. The smallest absolute Gasteiger partial charge is 0.0708 e. The molecule has 0 aliphatic heterocycles. The maximum atomic E-state index is 8.86. The molecule has 1 aromatic rings. The van der Waals surface area contributed by atoms with Gasteiger partial charge in [-0.2, -0.15) is 5.10 Å². The van der Waals surface area contributed by atoms with Crippen molar-refractivity contribution in [2.24, 2.45) is 0 Å². The van der Waals surface area contributed by atoms with Gasteiger partial charge in [0.1, 0.15) is 0 Å². The van der Waals surface area contributed by atoms with Crippen molar-refractivity contribution < 1.29 is 5.11 Å². The Labute approximate surface area is 66.1 Å². The van der Waals surface area contributed by atoms with Gasteiger partial charge in [-0.1, -0.05) is 0 Å². The molecular formula is C6H11ClN2O. The van der Waals surface area contributed by atoms with Crippen molar-refractivity contribution in [1.82, 2.24) is 9.78 Å². The standard InChI is InChI=1S/C6H10N2O.ClH/c1-6(9)5-8-4-2-3-7-8;/h2-4,6,9H,5H2,1H3;1H. The predicted octanol–water partition coefficient (Wildman–Crippen LogP) is 0.686. The zero-order chi connectivity index (χ0) is 6.69. The monoisotopic (exact) mass is 162 g/mol. The Kier molecular flexibility index (Phi) is 4.07. The molecule has 0 aliphatic rings. The number of aliphatic hydroxyl groups excluding tert-OH is 1. The highest BCUT2D eigenvalue weighted by atomic mass is 35.5. The molecule has 0 aromatic carbocycles. The molecular weight excluding hydrogens is 152 g/mol. The van der Waals surface area contributed by atoms with E-state index in [2.05, 4.69) is 5.10 Å². The topological polar surface area (TPSA) is 38.0 Å². The second-order valence-electron chi connectivity index (χ2n) is 2.08. The van der Waals surface area contributed by atoms with Crippen LogP contribution in [-0.2, 0) is 6.54 Å². The highest BCUT2D eigenvalue weighted by Gasteiger charge is 1.94. The molecule has 0 saturated heterocycles. The van der Waals surface area contributed by atoms with Crippen LogP contribution in [0.5, 0.6) is 0 Å². The second kappa shape index (κ2) is 4.30. The Morgan fingerprint density at radius 3 is 2.80 bits per heavy atom. The number of rotatable bonds is 2. The fourth-order valence-electron chi connectivity index (χ4n) is 0.679. The van der Waals surface area contributed by atoms with Gasteiger partial charge < -0.3 is 5.11 Å². The van der Waals surface area contributed by atoms with Crippen molar-refractivity contribution in [3.63, 3.8) is 0 Å². The normalized spacial score (nSPS) is 12.2. The van der Waals surface area contributed by atoms with Crippen LogP contribution in [0.1, 0.15) is 6.92 Å². The molecule has 10 heavy (non-hydrogen) atoms. The molecule has 1 aromatic heterocycles. The van der Waals surface area contributed by atoms with Crippen molar-refractivity contribution in [1.29, 1.82) is 0 Å². The van der Waals surface area contributed by atoms with E-state index in [-0.39, 0.29) is 18.5 Å². The molecule has 1 unspecified atom stereocenters. The lowest BCUT2D eigenvalue weighted by molar-refractivity contribution is 0.168. The first-order chi connectivity index (χ1) is 4.29. The van der Waals surface area contributed by atoms with E-state index in [4.69, 9.17) is 5.11 Å². The third-order valence-corrected chi connectivity index (χ3v) is 1.01. The Balaban J connectivity index is 0.000000810. The van der Waals surface area contributed by atoms with Crippen molar-refractivity contribution in [2.75, 3.05) is 0 Å². The average Bonchev–Trinajstić information content (AvgIpc) is 2.15. The molecule has 0 radical (unpaired) electrons. The minimum atomic E-state index is -0.315. The summed E-state index contributed by atoms with van der Waals surface area (Å²) < 4.78 is 1.70. The first-order valence-corrected chi connectivity index (χ1v) is 2.94. The maximum absolute atomic E-state index is 8.86. The van der Waals surface area contributed by atoms with E-state index < -0.39 is 0 Å². The Morgan fingerprint density at radius 1 is 1.70 bits per heavy atom. The number of aliphatic hydroxyl groups is 1. The first kappa shape index (κ1) is 9.46. The van der Waals surface area contributed by atoms with Gasteiger partial charge in [0.15, 0.2) is 0 Å². The molecule has 58 valence electrons. The van der Waals surface area contributed by atoms with E-state index in [0.717, 1.165) is 0 Å². The predicted molar refractivity (Wildman–Crippen MR) is 41.2 cm³/mol. The maximum Gasteiger partial charge on any atom is 0.0708 e. The number of hydrogen-bond acceptors (Lipinski definition) is 2. The van der Waals surface area contributed by atoms with Gasteiger partial charge in [0.25, 0.3) is 0 Å². The van der Waals surface area contributed by atoms with E-state index in [1.807, 2.05) is 12.3 Å². The third kappa shape index (κ3) is 2.85. The summed E-state index contributed by atoms with van der Waals surface area (Å²) in [5.41, 5.74) is 0. The van der Waals surface area contributed by atoms with Crippen LogP contribution in [0.25, 0.3) is 0 Å². The summed E-state index contributed by atoms with van der Waals surface area (Å²) >= 11 is 0. The highest BCUT2D eigenvalue weighted by Crippen LogP contribution is 1.87. The summed E-state index contributed by atoms with van der Waals surface area (Å²) in [6.07, 6.45) is 3.21. The van der Waals surface area contributed by atoms with Crippen molar-refractivity contribution in [3.05, 3.63) is 18.5 Å².